The lowest BCUT2D eigenvalue weighted by molar-refractivity contribution is 0.937. The summed E-state index contributed by atoms with van der Waals surface area (Å²) in [6.45, 7) is 2.03. The van der Waals surface area contributed by atoms with Crippen molar-refractivity contribution in [2.45, 2.75) is 6.92 Å². The van der Waals surface area contributed by atoms with Gasteiger partial charge in [-0.3, -0.25) is 9.78 Å². The van der Waals surface area contributed by atoms with Crippen LogP contribution in [0.15, 0.2) is 53.6 Å². The maximum atomic E-state index is 12.5. The molecule has 0 amide bonds. The first-order valence-electron chi connectivity index (χ1n) is 7.09. The predicted molar refractivity (Wildman–Crippen MR) is 90.3 cm³/mol. The van der Waals surface area contributed by atoms with Crippen molar-refractivity contribution in [1.82, 2.24) is 19.6 Å². The summed E-state index contributed by atoms with van der Waals surface area (Å²) in [6, 6.07) is 11.6. The topological polar surface area (TPSA) is 60.2 Å². The van der Waals surface area contributed by atoms with E-state index in [0.717, 1.165) is 11.1 Å². The summed E-state index contributed by atoms with van der Waals surface area (Å²) in [5.74, 6) is 0.573. The van der Waals surface area contributed by atoms with Crippen LogP contribution in [0.5, 0.6) is 0 Å². The molecule has 23 heavy (non-hydrogen) atoms. The minimum absolute atomic E-state index is 0.146. The highest BCUT2D eigenvalue weighted by atomic mass is 32.1. The molecule has 1 aromatic carbocycles. The van der Waals surface area contributed by atoms with E-state index in [2.05, 4.69) is 15.1 Å². The summed E-state index contributed by atoms with van der Waals surface area (Å²) in [6.07, 6.45) is 5.22. The lowest BCUT2D eigenvalue weighted by atomic mass is 10.1. The van der Waals surface area contributed by atoms with Crippen LogP contribution in [0.25, 0.3) is 22.4 Å². The molecule has 0 aliphatic rings. The molecule has 0 saturated carbocycles. The SMILES string of the molecule is Cc1ccc(-c2nc3s/c(=C\c4ccncc4)c(=O)n3n2)cc1. The summed E-state index contributed by atoms with van der Waals surface area (Å²) in [4.78, 5) is 21.5. The van der Waals surface area contributed by atoms with Gasteiger partial charge >= 0.3 is 0 Å². The van der Waals surface area contributed by atoms with E-state index in [1.54, 1.807) is 12.4 Å². The molecular formula is C17H12N4OS. The van der Waals surface area contributed by atoms with Crippen molar-refractivity contribution in [1.29, 1.82) is 0 Å². The van der Waals surface area contributed by atoms with Gasteiger partial charge in [-0.05, 0) is 30.7 Å². The number of rotatable bonds is 2. The van der Waals surface area contributed by atoms with E-state index < -0.39 is 0 Å². The number of aromatic nitrogens is 4. The fourth-order valence-corrected chi connectivity index (χ4v) is 3.18. The van der Waals surface area contributed by atoms with Gasteiger partial charge in [-0.25, -0.2) is 0 Å². The van der Waals surface area contributed by atoms with Crippen LogP contribution < -0.4 is 10.1 Å². The Labute approximate surface area is 135 Å². The van der Waals surface area contributed by atoms with Crippen LogP contribution in [0, 0.1) is 6.92 Å². The molecule has 0 saturated heterocycles. The third kappa shape index (κ3) is 2.53. The van der Waals surface area contributed by atoms with Gasteiger partial charge in [0.2, 0.25) is 4.96 Å². The van der Waals surface area contributed by atoms with Crippen LogP contribution in [-0.4, -0.2) is 19.6 Å². The second-order valence-electron chi connectivity index (χ2n) is 5.19. The van der Waals surface area contributed by atoms with Crippen molar-refractivity contribution in [3.8, 4) is 11.4 Å². The first-order valence-corrected chi connectivity index (χ1v) is 7.91. The van der Waals surface area contributed by atoms with Crippen LogP contribution in [0.1, 0.15) is 11.1 Å². The van der Waals surface area contributed by atoms with Gasteiger partial charge in [-0.2, -0.15) is 9.50 Å². The molecule has 0 spiro atoms. The highest BCUT2D eigenvalue weighted by Crippen LogP contribution is 2.16. The minimum atomic E-state index is -0.146. The second kappa shape index (κ2) is 5.40. The van der Waals surface area contributed by atoms with E-state index in [0.29, 0.717) is 15.3 Å². The Kier molecular flexibility index (Phi) is 3.24. The van der Waals surface area contributed by atoms with Crippen molar-refractivity contribution in [2.24, 2.45) is 0 Å². The molecule has 6 heteroatoms. The quantitative estimate of drug-likeness (QED) is 0.567. The van der Waals surface area contributed by atoms with Gasteiger partial charge in [0.1, 0.15) is 0 Å². The monoisotopic (exact) mass is 320 g/mol. The number of hydrogen-bond donors (Lipinski definition) is 0. The number of hydrogen-bond acceptors (Lipinski definition) is 5. The smallest absolute Gasteiger partial charge is 0.266 e. The molecule has 0 radical (unpaired) electrons. The lowest BCUT2D eigenvalue weighted by Gasteiger charge is -1.95. The molecule has 4 rings (SSSR count). The molecule has 5 nitrogen and oxygen atoms in total. The Bertz CT molecular complexity index is 1080. The Morgan fingerprint density at radius 1 is 1.09 bits per heavy atom. The van der Waals surface area contributed by atoms with E-state index in [1.165, 1.54) is 21.4 Å². The lowest BCUT2D eigenvalue weighted by Crippen LogP contribution is -2.23. The molecule has 0 fully saturated rings. The zero-order chi connectivity index (χ0) is 15.8. The van der Waals surface area contributed by atoms with Gasteiger partial charge in [0.25, 0.3) is 5.56 Å². The van der Waals surface area contributed by atoms with Crippen molar-refractivity contribution < 1.29 is 0 Å². The Morgan fingerprint density at radius 3 is 2.52 bits per heavy atom. The molecule has 0 N–H and O–H groups in total. The van der Waals surface area contributed by atoms with E-state index in [1.807, 2.05) is 49.4 Å². The van der Waals surface area contributed by atoms with Crippen molar-refractivity contribution in [3.05, 3.63) is 74.8 Å². The Morgan fingerprint density at radius 2 is 1.83 bits per heavy atom. The summed E-state index contributed by atoms with van der Waals surface area (Å²) < 4.78 is 1.98. The molecule has 4 aromatic rings. The normalized spacial score (nSPS) is 12.1. The van der Waals surface area contributed by atoms with Gasteiger partial charge in [0.15, 0.2) is 5.82 Å². The van der Waals surface area contributed by atoms with E-state index in [9.17, 15) is 4.79 Å². The maximum Gasteiger partial charge on any atom is 0.291 e. The summed E-state index contributed by atoms with van der Waals surface area (Å²) in [5, 5.41) is 4.35. The number of fused-ring (bicyclic) bond motifs is 1. The maximum absolute atomic E-state index is 12.5. The van der Waals surface area contributed by atoms with Crippen molar-refractivity contribution >= 4 is 22.4 Å². The van der Waals surface area contributed by atoms with E-state index in [-0.39, 0.29) is 5.56 Å². The number of benzene rings is 1. The number of nitrogens with zero attached hydrogens (tertiary/aromatic N) is 4. The van der Waals surface area contributed by atoms with Crippen LogP contribution >= 0.6 is 11.3 Å². The molecule has 0 bridgehead atoms. The second-order valence-corrected chi connectivity index (χ2v) is 6.20. The van der Waals surface area contributed by atoms with Crippen LogP contribution in [0.3, 0.4) is 0 Å². The Balaban J connectivity index is 1.82. The van der Waals surface area contributed by atoms with Crippen LogP contribution in [0.2, 0.25) is 0 Å². The fraction of sp³-hybridized carbons (Fsp3) is 0.0588. The largest absolute Gasteiger partial charge is 0.291 e. The zero-order valence-electron chi connectivity index (χ0n) is 12.3. The first-order chi connectivity index (χ1) is 11.2. The highest BCUT2D eigenvalue weighted by Gasteiger charge is 2.11. The molecular weight excluding hydrogens is 308 g/mol. The standard InChI is InChI=1S/C17H12N4OS/c1-11-2-4-13(5-3-11)15-19-17-21(20-15)16(22)14(23-17)10-12-6-8-18-9-7-12/h2-10H,1H3/b14-10-. The van der Waals surface area contributed by atoms with Gasteiger partial charge in [0, 0.05) is 18.0 Å². The van der Waals surface area contributed by atoms with Gasteiger partial charge in [-0.1, -0.05) is 41.2 Å². The zero-order valence-corrected chi connectivity index (χ0v) is 13.1. The predicted octanol–water partition coefficient (Wildman–Crippen LogP) is 2.07. The van der Waals surface area contributed by atoms with Gasteiger partial charge < -0.3 is 0 Å². The molecule has 0 aliphatic heterocycles. The summed E-state index contributed by atoms with van der Waals surface area (Å²) >= 11 is 1.34. The summed E-state index contributed by atoms with van der Waals surface area (Å²) in [5.41, 5.74) is 2.87. The molecule has 112 valence electrons. The summed E-state index contributed by atoms with van der Waals surface area (Å²) in [7, 11) is 0. The molecule has 0 atom stereocenters. The third-order valence-corrected chi connectivity index (χ3v) is 4.45. The van der Waals surface area contributed by atoms with Crippen molar-refractivity contribution in [2.75, 3.05) is 0 Å². The third-order valence-electron chi connectivity index (χ3n) is 3.50. The average molecular weight is 320 g/mol. The highest BCUT2D eigenvalue weighted by molar-refractivity contribution is 7.15. The van der Waals surface area contributed by atoms with Gasteiger partial charge in [0.05, 0.1) is 4.53 Å². The Hall–Kier alpha value is -2.86. The minimum Gasteiger partial charge on any atom is -0.266 e. The van der Waals surface area contributed by atoms with E-state index in [4.69, 9.17) is 0 Å². The number of pyridine rings is 1. The molecule has 0 unspecified atom stereocenters. The molecule has 3 heterocycles. The number of aryl methyl sites for hydroxylation is 1. The first kappa shape index (κ1) is 13.8. The average Bonchev–Trinajstić information content (AvgIpc) is 3.10. The molecule has 0 aliphatic carbocycles. The molecule has 3 aromatic heterocycles. The van der Waals surface area contributed by atoms with Crippen LogP contribution in [0.4, 0.5) is 0 Å². The van der Waals surface area contributed by atoms with Crippen LogP contribution in [-0.2, 0) is 0 Å². The van der Waals surface area contributed by atoms with Crippen molar-refractivity contribution in [3.63, 3.8) is 0 Å². The van der Waals surface area contributed by atoms with E-state index >= 15 is 0 Å². The number of thiazole rings is 1. The fourth-order valence-electron chi connectivity index (χ4n) is 2.27. The van der Waals surface area contributed by atoms with Gasteiger partial charge in [-0.15, -0.1) is 5.10 Å².